The highest BCUT2D eigenvalue weighted by Gasteiger charge is 2.59. The van der Waals surface area contributed by atoms with Crippen LogP contribution in [0.25, 0.3) is 0 Å². The summed E-state index contributed by atoms with van der Waals surface area (Å²) in [5, 5.41) is 28.5. The number of ether oxygens (including phenoxy) is 15. The van der Waals surface area contributed by atoms with Crippen LogP contribution in [0.3, 0.4) is 0 Å². The number of pyridine rings is 4. The first kappa shape index (κ1) is 106. The lowest BCUT2D eigenvalue weighted by Crippen LogP contribution is -2.48. The van der Waals surface area contributed by atoms with Gasteiger partial charge in [-0.2, -0.15) is 18.3 Å². The molecule has 20 atom stereocenters. The number of rotatable bonds is 29. The monoisotopic (exact) mass is 1850 g/mol. The minimum absolute atomic E-state index is 0.0818. The summed E-state index contributed by atoms with van der Waals surface area (Å²) in [5.41, 5.74) is 2.16. The molecule has 0 amide bonds. The topological polar surface area (TPSA) is 607 Å². The van der Waals surface area contributed by atoms with Gasteiger partial charge in [0.25, 0.3) is 0 Å². The van der Waals surface area contributed by atoms with Crippen LogP contribution in [-0.4, -0.2) is 259 Å². The van der Waals surface area contributed by atoms with Crippen LogP contribution in [0.4, 0.5) is 0 Å². The van der Waals surface area contributed by atoms with Gasteiger partial charge in [0.15, 0.2) is 121 Å². The van der Waals surface area contributed by atoms with E-state index in [-0.39, 0.29) is 28.9 Å². The molecule has 5 fully saturated rings. The molecule has 0 bridgehead atoms. The number of phosphoric ester groups is 2. The second-order valence-corrected chi connectivity index (χ2v) is 31.3. The van der Waals surface area contributed by atoms with Crippen LogP contribution in [0.5, 0.6) is 0 Å². The number of carbonyl (C=O) groups excluding carboxylic acids is 15. The third kappa shape index (κ3) is 31.6. The number of Topliss-reactive ketones (excluding diaryl/α,β-unsaturated/α-hetero) is 5. The fourth-order valence-corrected chi connectivity index (χ4v) is 14.1. The molecule has 5 saturated heterocycles. The average molecular weight is 1850 g/mol. The van der Waals surface area contributed by atoms with E-state index in [1.54, 1.807) is 118 Å². The molecule has 6 aliphatic heterocycles. The van der Waals surface area contributed by atoms with Gasteiger partial charge in [-0.25, -0.2) is 9.13 Å². The predicted octanol–water partition coefficient (Wildman–Crippen LogP) is 0.213. The van der Waals surface area contributed by atoms with Crippen LogP contribution >= 0.6 is 15.6 Å². The van der Waals surface area contributed by atoms with E-state index in [1.807, 2.05) is 0 Å². The van der Waals surface area contributed by atoms with Crippen LogP contribution in [0.2, 0.25) is 0 Å². The van der Waals surface area contributed by atoms with Gasteiger partial charge >= 0.3 is 100 Å². The molecule has 0 saturated carbocycles. The van der Waals surface area contributed by atoms with Crippen molar-refractivity contribution in [3.05, 3.63) is 144 Å². The first-order chi connectivity index (χ1) is 59.9. The molecule has 128 heavy (non-hydrogen) atoms. The van der Waals surface area contributed by atoms with E-state index in [1.165, 1.54) is 97.7 Å². The van der Waals surface area contributed by atoms with E-state index in [0.29, 0.717) is 34.2 Å². The van der Waals surface area contributed by atoms with Gasteiger partial charge in [0, 0.05) is 111 Å². The Kier molecular flexibility index (Phi) is 39.8. The number of aromatic nitrogens is 4. The molecule has 700 valence electrons. The van der Waals surface area contributed by atoms with Crippen molar-refractivity contribution in [1.29, 1.82) is 0 Å². The Bertz CT molecular complexity index is 4610. The van der Waals surface area contributed by atoms with E-state index in [0.717, 1.165) is 27.7 Å². The normalized spacial score (nSPS) is 26.0. The maximum absolute atomic E-state index is 11.6. The summed E-state index contributed by atoms with van der Waals surface area (Å²) in [4.78, 5) is 210. The van der Waals surface area contributed by atoms with E-state index >= 15 is 0 Å². The zero-order valence-electron chi connectivity index (χ0n) is 71.9. The average Bonchev–Trinajstić information content (AvgIpc) is 1.70. The number of carbonyl (C=O) groups is 15. The van der Waals surface area contributed by atoms with E-state index in [2.05, 4.69) is 9.05 Å². The number of hydrogen-bond acceptors (Lipinski definition) is 38. The molecule has 10 rings (SSSR count). The van der Waals surface area contributed by atoms with Crippen molar-refractivity contribution in [2.75, 3.05) is 33.0 Å². The number of hydrogen-bond donors (Lipinski definition) is 7. The SMILES string of the molecule is CC(=O)OC1[C@@H](CO)O[C@@H](N2C=CCC(C(C)=O)=C2)[C@H]1OC(C)=O.CC(=O)OC1[C@@H](CO)O[C@@H]([n+]2cccc(C(C)=O)c2)[C@H]1OC(C)=O.CC(=O)OC1[C@@H](CO)O[C@@H]([n+]2cccc(C(C)=O)c2)[C@H]1OC(C)=O.CC(=O)OC1[C@@H](COP(=O)(O)O)O[C@@H]([n+]2cccc(C(C)=O)c2)[C@H]1OC(C)=O.CC(=O)OC1[C@@H](COP(=O)(O)O)O[C@@H]([n+]2cccc(C(C)=O)c2)[C@H]1OC(C)=O. The van der Waals surface area contributed by atoms with Gasteiger partial charge in [0.05, 0.1) is 55.3 Å². The smallest absolute Gasteiger partial charge is 0.456 e. The lowest BCUT2D eigenvalue weighted by Gasteiger charge is -2.30. The lowest BCUT2D eigenvalue weighted by molar-refractivity contribution is -0.765. The molecule has 7 N–H and O–H groups in total. The Balaban J connectivity index is 0.000000247. The Labute approximate surface area is 731 Å². The van der Waals surface area contributed by atoms with Crippen molar-refractivity contribution in [3.8, 4) is 0 Å². The highest BCUT2D eigenvalue weighted by atomic mass is 31.2. The van der Waals surface area contributed by atoms with Gasteiger partial charge in [-0.15, -0.1) is 0 Å². The summed E-state index contributed by atoms with van der Waals surface area (Å²) in [6, 6.07) is 12.9. The molecule has 4 aromatic heterocycles. The van der Waals surface area contributed by atoms with Crippen molar-refractivity contribution in [3.63, 3.8) is 0 Å². The van der Waals surface area contributed by atoms with Gasteiger partial charge in [0.2, 0.25) is 24.4 Å². The summed E-state index contributed by atoms with van der Waals surface area (Å²) in [6.45, 7) is 16.5. The molecular weight excluding hydrogens is 1750 g/mol. The zero-order chi connectivity index (χ0) is 95.7. The maximum atomic E-state index is 11.6. The largest absolute Gasteiger partial charge is 0.469 e. The molecule has 0 aliphatic carbocycles. The Morgan fingerprint density at radius 3 is 0.797 bits per heavy atom. The zero-order valence-corrected chi connectivity index (χ0v) is 73.7. The number of allylic oxidation sites excluding steroid dienone is 2. The summed E-state index contributed by atoms with van der Waals surface area (Å²) < 4.78 is 118. The Hall–Kier alpha value is -11.2. The van der Waals surface area contributed by atoms with Gasteiger partial charge in [0.1, 0.15) is 30.5 Å². The number of aliphatic hydroxyl groups excluding tert-OH is 3. The Morgan fingerprint density at radius 1 is 0.336 bits per heavy atom. The lowest BCUT2D eigenvalue weighted by atomic mass is 10.1. The number of nitrogens with zero attached hydrogens (tertiary/aromatic N) is 5. The second kappa shape index (κ2) is 48.3. The summed E-state index contributed by atoms with van der Waals surface area (Å²) in [6.07, 6.45) is -1.75. The molecular formula is C80H103N5O41P2+4. The van der Waals surface area contributed by atoms with E-state index < -0.39 is 231 Å². The second-order valence-electron chi connectivity index (χ2n) is 28.8. The standard InChI is InChI=1S/2C16H20NO10P.C16H21NO7.2C16H20NO7/c2*1-9(18)12-5-4-6-17(7-12)16-15(26-11(3)20)14(25-10(2)19)13(27-16)8-24-28(21,22)23;3*1-9(19)12-5-4-6-17(7-12)16-15(23-11(3)21)14(22-10(2)20)13(8-18)24-16/h2*4-7,13-16H,8H2,1-3H3,(H-,21,22,23);4,6-7,13-16,18H,5,8H2,1-3H3;2*4-7,13-16,18H,8H2,1-3H3/q;;;2*+1/p+2/t5*13-,14?,15+,16-/m11111/s1. The van der Waals surface area contributed by atoms with Crippen molar-refractivity contribution in [1.82, 2.24) is 4.90 Å². The van der Waals surface area contributed by atoms with E-state index in [9.17, 15) is 96.4 Å². The van der Waals surface area contributed by atoms with Crippen molar-refractivity contribution in [2.45, 2.75) is 233 Å². The molecule has 10 heterocycles. The highest BCUT2D eigenvalue weighted by molar-refractivity contribution is 7.46. The molecule has 48 heteroatoms. The van der Waals surface area contributed by atoms with Crippen molar-refractivity contribution in [2.24, 2.45) is 0 Å². The predicted molar refractivity (Wildman–Crippen MR) is 418 cm³/mol. The van der Waals surface area contributed by atoms with Crippen molar-refractivity contribution < 1.29 is 214 Å². The van der Waals surface area contributed by atoms with Crippen LogP contribution in [-0.2, 0) is 142 Å². The fraction of sp³-hybridized carbons (Fsp3) is 0.512. The number of aliphatic hydroxyl groups is 3. The molecule has 0 spiro atoms. The van der Waals surface area contributed by atoms with Crippen LogP contribution in [0.1, 0.15) is 177 Å². The molecule has 0 radical (unpaired) electrons. The fourth-order valence-electron chi connectivity index (χ4n) is 13.5. The van der Waals surface area contributed by atoms with Gasteiger partial charge in [-0.1, -0.05) is 6.08 Å². The maximum Gasteiger partial charge on any atom is 0.469 e. The van der Waals surface area contributed by atoms with Crippen LogP contribution in [0.15, 0.2) is 122 Å². The van der Waals surface area contributed by atoms with Crippen LogP contribution in [0, 0.1) is 0 Å². The molecule has 6 aliphatic rings. The van der Waals surface area contributed by atoms with Gasteiger partial charge < -0.3 is 111 Å². The Morgan fingerprint density at radius 2 is 0.562 bits per heavy atom. The van der Waals surface area contributed by atoms with Gasteiger partial charge in [-0.3, -0.25) is 81.0 Å². The minimum Gasteiger partial charge on any atom is -0.456 e. The van der Waals surface area contributed by atoms with Crippen molar-refractivity contribution >= 4 is 104 Å². The molecule has 0 aromatic carbocycles. The highest BCUT2D eigenvalue weighted by Crippen LogP contribution is 2.42. The first-order valence-electron chi connectivity index (χ1n) is 38.9. The molecule has 4 aromatic rings. The summed E-state index contributed by atoms with van der Waals surface area (Å²) in [5.74, 6) is -7.04. The van der Waals surface area contributed by atoms with E-state index in [4.69, 9.17) is 90.6 Å². The molecule has 5 unspecified atom stereocenters. The third-order valence-corrected chi connectivity index (χ3v) is 19.5. The summed E-state index contributed by atoms with van der Waals surface area (Å²) in [7, 11) is -9.64. The number of esters is 10. The van der Waals surface area contributed by atoms with Crippen LogP contribution < -0.4 is 18.3 Å². The number of ketones is 5. The summed E-state index contributed by atoms with van der Waals surface area (Å²) >= 11 is 0. The third-order valence-electron chi connectivity index (χ3n) is 18.6. The number of phosphoric acid groups is 2. The van der Waals surface area contributed by atoms with Gasteiger partial charge in [-0.05, 0) is 65.3 Å². The minimum atomic E-state index is -4.82. The first-order valence-corrected chi connectivity index (χ1v) is 42.0. The molecule has 46 nitrogen and oxygen atoms in total. The quantitative estimate of drug-likeness (QED) is 0.0126.